The molecule has 0 saturated carbocycles. The van der Waals surface area contributed by atoms with Crippen LogP contribution in [0.3, 0.4) is 0 Å². The van der Waals surface area contributed by atoms with Crippen LogP contribution in [0.1, 0.15) is 79.1 Å². The Kier molecular flexibility index (Phi) is 7.47. The fourth-order valence-electron chi connectivity index (χ4n) is 6.47. The molecule has 0 spiro atoms. The van der Waals surface area contributed by atoms with Gasteiger partial charge in [0.05, 0.1) is 16.9 Å². The number of hydrogen-bond acceptors (Lipinski definition) is 4. The molecule has 1 radical (unpaired) electrons. The number of imidazole rings is 1. The van der Waals surface area contributed by atoms with Crippen LogP contribution < -0.4 is 0 Å². The maximum Gasteiger partial charge on any atom is 0.102 e. The topological polar surface area (TPSA) is 60.9 Å². The number of rotatable bonds is 1. The molecule has 6 aromatic rings. The van der Waals surface area contributed by atoms with Gasteiger partial charge in [-0.2, -0.15) is 6.07 Å². The minimum absolute atomic E-state index is 0. The van der Waals surface area contributed by atoms with Crippen LogP contribution >= 0.6 is 0 Å². The molecule has 0 bridgehead atoms. The fourth-order valence-corrected chi connectivity index (χ4v) is 6.47. The Balaban J connectivity index is 0.000000238. The zero-order chi connectivity index (χ0) is 30.2. The number of aromatic nitrogens is 6. The molecule has 0 amide bonds. The molecular weight excluding hydrogens is 709 g/mol. The van der Waals surface area contributed by atoms with Crippen molar-refractivity contribution in [3.05, 3.63) is 90.1 Å². The zero-order valence-corrected chi connectivity index (χ0v) is 29.2. The third-order valence-electron chi connectivity index (χ3n) is 10.1. The number of benzene rings is 2. The third-order valence-corrected chi connectivity index (χ3v) is 10.1. The van der Waals surface area contributed by atoms with Gasteiger partial charge in [0.2, 0.25) is 0 Å². The summed E-state index contributed by atoms with van der Waals surface area (Å²) in [7, 11) is 1.85. The monoisotopic (exact) mass is 749 g/mol. The molecule has 4 aromatic heterocycles. The molecule has 43 heavy (non-hydrogen) atoms. The van der Waals surface area contributed by atoms with Crippen molar-refractivity contribution in [1.82, 2.24) is 29.1 Å². The van der Waals surface area contributed by atoms with Gasteiger partial charge in [-0.1, -0.05) is 68.4 Å². The van der Waals surface area contributed by atoms with Gasteiger partial charge in [0.1, 0.15) is 6.33 Å². The summed E-state index contributed by atoms with van der Waals surface area (Å²) in [4.78, 5) is 13.9. The molecule has 4 heterocycles. The fraction of sp³-hybridized carbons (Fsp3) is 0.389. The molecule has 0 fully saturated rings. The molecule has 0 saturated heterocycles. The summed E-state index contributed by atoms with van der Waals surface area (Å²) in [6.45, 7) is 21.0. The third kappa shape index (κ3) is 4.72. The second-order valence-electron chi connectivity index (χ2n) is 14.2. The average molecular weight is 749 g/mol. The Labute approximate surface area is 268 Å². The van der Waals surface area contributed by atoms with Crippen LogP contribution in [0.4, 0.5) is 0 Å². The maximum atomic E-state index is 5.11. The van der Waals surface area contributed by atoms with Crippen LogP contribution in [-0.2, 0) is 43.4 Å². The molecule has 2 aromatic carbocycles. The Morgan fingerprint density at radius 3 is 2.16 bits per heavy atom. The molecule has 6 nitrogen and oxygen atoms in total. The van der Waals surface area contributed by atoms with E-state index in [1.165, 1.54) is 16.6 Å². The Morgan fingerprint density at radius 2 is 1.56 bits per heavy atom. The maximum absolute atomic E-state index is 5.11. The van der Waals surface area contributed by atoms with Crippen molar-refractivity contribution >= 4 is 27.5 Å². The molecule has 1 aliphatic rings. The van der Waals surface area contributed by atoms with Crippen LogP contribution in [0.25, 0.3) is 38.8 Å². The average Bonchev–Trinajstić information content (AvgIpc) is 3.57. The zero-order valence-electron chi connectivity index (χ0n) is 26.8. The van der Waals surface area contributed by atoms with Crippen molar-refractivity contribution in [2.75, 3.05) is 0 Å². The van der Waals surface area contributed by atoms with E-state index in [9.17, 15) is 0 Å². The quantitative estimate of drug-likeness (QED) is 0.160. The Morgan fingerprint density at radius 1 is 0.860 bits per heavy atom. The predicted octanol–water partition coefficient (Wildman–Crippen LogP) is 8.01. The largest absolute Gasteiger partial charge is 0.354 e. The second-order valence-corrected chi connectivity index (χ2v) is 14.2. The molecule has 0 N–H and O–H groups in total. The van der Waals surface area contributed by atoms with Gasteiger partial charge in [-0.25, -0.2) is 5.10 Å². The van der Waals surface area contributed by atoms with Crippen LogP contribution in [0.2, 0.25) is 0 Å². The first-order chi connectivity index (χ1) is 19.6. The first-order valence-electron chi connectivity index (χ1n) is 14.6. The van der Waals surface area contributed by atoms with Gasteiger partial charge in [-0.05, 0) is 63.0 Å². The first-order valence-corrected chi connectivity index (χ1v) is 14.6. The van der Waals surface area contributed by atoms with Crippen molar-refractivity contribution in [1.29, 1.82) is 0 Å². The number of fused-ring (bicyclic) bond motifs is 6. The van der Waals surface area contributed by atoms with Crippen LogP contribution in [0.15, 0.2) is 61.2 Å². The standard InChI is InChI=1S/C27H32N3.C9H8N3.Ir/c1-24(2,3)22-16-11-13-30-21-15-19-18(25(4,5)27(8,9)26(19,6)7)14-20(21)29-23(30)17(16)10-12-28-22;1-12-7-10-9(11-12)8-5-3-2-4-6-8;/h11-15H,1-9H3;2-5,7H,1H3;/q2*-1;. The summed E-state index contributed by atoms with van der Waals surface area (Å²) < 4.78 is 3.91. The molecule has 7 rings (SSSR count). The van der Waals surface area contributed by atoms with Gasteiger partial charge in [0.25, 0.3) is 0 Å². The molecule has 0 aliphatic heterocycles. The van der Waals surface area contributed by atoms with E-state index >= 15 is 0 Å². The Bertz CT molecular complexity index is 1960. The van der Waals surface area contributed by atoms with Crippen molar-refractivity contribution in [2.24, 2.45) is 12.5 Å². The van der Waals surface area contributed by atoms with Crippen LogP contribution in [-0.4, -0.2) is 29.1 Å². The molecule has 225 valence electrons. The number of pyridine rings is 2. The number of aryl methyl sites for hydroxylation is 1. The first kappa shape index (κ1) is 31.0. The van der Waals surface area contributed by atoms with E-state index in [1.54, 1.807) is 17.2 Å². The van der Waals surface area contributed by atoms with Gasteiger partial charge in [0.15, 0.2) is 0 Å². The van der Waals surface area contributed by atoms with E-state index in [2.05, 4.69) is 118 Å². The van der Waals surface area contributed by atoms with E-state index in [0.717, 1.165) is 39.0 Å². The van der Waals surface area contributed by atoms with Crippen molar-refractivity contribution in [3.8, 4) is 11.4 Å². The van der Waals surface area contributed by atoms with Crippen molar-refractivity contribution < 1.29 is 20.1 Å². The van der Waals surface area contributed by atoms with E-state index in [0.29, 0.717) is 0 Å². The summed E-state index contributed by atoms with van der Waals surface area (Å²) >= 11 is 0. The number of hydrogen-bond donors (Lipinski definition) is 0. The van der Waals surface area contributed by atoms with Gasteiger partial charge in [-0.3, -0.25) is 19.6 Å². The summed E-state index contributed by atoms with van der Waals surface area (Å²) in [6, 6.07) is 21.0. The predicted molar refractivity (Wildman–Crippen MR) is 171 cm³/mol. The molecular formula is C36H40IrN6-2. The molecule has 7 heteroatoms. The normalized spacial score (nSPS) is 16.5. The molecule has 0 unspecified atom stereocenters. The van der Waals surface area contributed by atoms with E-state index < -0.39 is 0 Å². The molecule has 1 aliphatic carbocycles. The van der Waals surface area contributed by atoms with E-state index in [1.807, 2.05) is 31.3 Å². The van der Waals surface area contributed by atoms with Crippen LogP contribution in [0, 0.1) is 17.5 Å². The smallest absolute Gasteiger partial charge is 0.102 e. The van der Waals surface area contributed by atoms with Crippen molar-refractivity contribution in [2.45, 2.75) is 78.6 Å². The van der Waals surface area contributed by atoms with E-state index in [4.69, 9.17) is 4.98 Å². The van der Waals surface area contributed by atoms with E-state index in [-0.39, 0.29) is 41.8 Å². The van der Waals surface area contributed by atoms with Gasteiger partial charge < -0.3 is 4.40 Å². The van der Waals surface area contributed by atoms with Crippen molar-refractivity contribution in [3.63, 3.8) is 0 Å². The summed E-state index contributed by atoms with van der Waals surface area (Å²) in [6.07, 6.45) is 5.63. The summed E-state index contributed by atoms with van der Waals surface area (Å²) in [5.74, 6) is 0.720. The van der Waals surface area contributed by atoms with Gasteiger partial charge in [-0.15, -0.1) is 46.7 Å². The Hall–Kier alpha value is -3.41. The van der Waals surface area contributed by atoms with Gasteiger partial charge >= 0.3 is 0 Å². The minimum Gasteiger partial charge on any atom is -0.354 e. The summed E-state index contributed by atoms with van der Waals surface area (Å²) in [5, 5.41) is 6.34. The SMILES string of the molecule is CC(C)(C)c1nc[c-]c2c1ccn1c3cc4c(cc3nc21)C(C)(C)C(C)(C)C4(C)C.Cn1cnc(-c2[c-]cccc2)n1.[Ir]. The summed E-state index contributed by atoms with van der Waals surface area (Å²) in [5.41, 5.74) is 8.38. The minimum atomic E-state index is -0.0293. The van der Waals surface area contributed by atoms with Gasteiger partial charge in [0, 0.05) is 32.8 Å². The number of nitrogens with zero attached hydrogens (tertiary/aromatic N) is 6. The van der Waals surface area contributed by atoms with Crippen LogP contribution in [0.5, 0.6) is 0 Å². The molecule has 0 atom stereocenters. The second kappa shape index (κ2) is 10.3.